The van der Waals surface area contributed by atoms with Crippen molar-refractivity contribution in [1.29, 1.82) is 0 Å². The highest BCUT2D eigenvalue weighted by molar-refractivity contribution is 7.90. The zero-order chi connectivity index (χ0) is 26.3. The van der Waals surface area contributed by atoms with Gasteiger partial charge in [0.25, 0.3) is 0 Å². The molecule has 1 N–H and O–H groups in total. The van der Waals surface area contributed by atoms with Crippen LogP contribution in [0, 0.1) is 13.8 Å². The molecule has 0 aromatic heterocycles. The molecule has 0 unspecified atom stereocenters. The van der Waals surface area contributed by atoms with Crippen molar-refractivity contribution >= 4 is 27.7 Å². The van der Waals surface area contributed by atoms with Crippen LogP contribution in [0.1, 0.15) is 30.0 Å². The Kier molecular flexibility index (Phi) is 9.67. The summed E-state index contributed by atoms with van der Waals surface area (Å²) >= 11 is 0. The summed E-state index contributed by atoms with van der Waals surface area (Å²) in [6, 6.07) is 11.9. The summed E-state index contributed by atoms with van der Waals surface area (Å²) in [6.07, 6.45) is 0.367. The number of hydrogen-bond donors (Lipinski definition) is 1. The van der Waals surface area contributed by atoms with Gasteiger partial charge >= 0.3 is 10.2 Å². The molecule has 0 saturated carbocycles. The monoisotopic (exact) mass is 504 g/mol. The van der Waals surface area contributed by atoms with Gasteiger partial charge in [0, 0.05) is 27.7 Å². The molecule has 9 nitrogen and oxygen atoms in total. The minimum Gasteiger partial charge on any atom is -0.497 e. The van der Waals surface area contributed by atoms with Crippen LogP contribution in [-0.4, -0.2) is 70.3 Å². The van der Waals surface area contributed by atoms with Crippen LogP contribution in [0.25, 0.3) is 0 Å². The minimum absolute atomic E-state index is 0.136. The average molecular weight is 505 g/mol. The van der Waals surface area contributed by atoms with E-state index >= 15 is 0 Å². The van der Waals surface area contributed by atoms with Crippen molar-refractivity contribution in [2.24, 2.45) is 0 Å². The number of methoxy groups -OCH3 is 1. The maximum absolute atomic E-state index is 13.7. The predicted octanol–water partition coefficient (Wildman–Crippen LogP) is 2.48. The van der Waals surface area contributed by atoms with Gasteiger partial charge in [0.2, 0.25) is 11.8 Å². The van der Waals surface area contributed by atoms with Crippen molar-refractivity contribution in [3.05, 3.63) is 59.2 Å². The van der Waals surface area contributed by atoms with Crippen LogP contribution in [0.3, 0.4) is 0 Å². The van der Waals surface area contributed by atoms with Crippen molar-refractivity contribution in [3.63, 3.8) is 0 Å². The molecule has 35 heavy (non-hydrogen) atoms. The lowest BCUT2D eigenvalue weighted by Gasteiger charge is -2.34. The third-order valence-corrected chi connectivity index (χ3v) is 7.60. The number of benzene rings is 2. The Bertz CT molecular complexity index is 1130. The van der Waals surface area contributed by atoms with Gasteiger partial charge in [0.05, 0.1) is 12.8 Å². The second-order valence-corrected chi connectivity index (χ2v) is 10.6. The standard InChI is InChI=1S/C25H36N4O5S/c1-8-22(25(31)26-4)28(16-20-11-13-21(34-7)14-12-20)24(30)17-29(35(32,33)27(5)6)23-15-18(2)9-10-19(23)3/h9-15,22H,8,16-17H2,1-7H3,(H,26,31)/t22-/m1/s1. The fourth-order valence-electron chi connectivity index (χ4n) is 3.70. The number of ether oxygens (including phenoxy) is 1. The van der Waals surface area contributed by atoms with Crippen molar-refractivity contribution in [2.75, 3.05) is 39.1 Å². The molecule has 2 amide bonds. The number of aryl methyl sites for hydroxylation is 2. The van der Waals surface area contributed by atoms with E-state index in [0.29, 0.717) is 23.4 Å². The Hall–Kier alpha value is -3.11. The first-order valence-electron chi connectivity index (χ1n) is 11.4. The van der Waals surface area contributed by atoms with E-state index in [1.54, 1.807) is 32.2 Å². The van der Waals surface area contributed by atoms with E-state index < -0.39 is 28.7 Å². The third-order valence-electron chi connectivity index (χ3n) is 5.80. The predicted molar refractivity (Wildman–Crippen MR) is 138 cm³/mol. The molecular weight excluding hydrogens is 468 g/mol. The maximum Gasteiger partial charge on any atom is 0.304 e. The molecule has 0 bridgehead atoms. The summed E-state index contributed by atoms with van der Waals surface area (Å²) in [5.41, 5.74) is 2.79. The molecule has 0 fully saturated rings. The molecule has 2 rings (SSSR count). The van der Waals surface area contributed by atoms with Crippen LogP contribution in [0.2, 0.25) is 0 Å². The largest absolute Gasteiger partial charge is 0.497 e. The molecule has 0 aliphatic rings. The SMILES string of the molecule is CC[C@H](C(=O)NC)N(Cc1ccc(OC)cc1)C(=O)CN(c1cc(C)ccc1C)S(=O)(=O)N(C)C. The van der Waals surface area contributed by atoms with E-state index in [9.17, 15) is 18.0 Å². The summed E-state index contributed by atoms with van der Waals surface area (Å²) in [4.78, 5) is 27.8. The van der Waals surface area contributed by atoms with Crippen molar-refractivity contribution in [2.45, 2.75) is 39.8 Å². The summed E-state index contributed by atoms with van der Waals surface area (Å²) < 4.78 is 34.0. The van der Waals surface area contributed by atoms with Gasteiger partial charge in [-0.1, -0.05) is 31.2 Å². The summed E-state index contributed by atoms with van der Waals surface area (Å²) in [7, 11) is 1.93. The Labute approximate surface area is 208 Å². The van der Waals surface area contributed by atoms with Gasteiger partial charge in [0.1, 0.15) is 18.3 Å². The zero-order valence-electron chi connectivity index (χ0n) is 21.5. The molecule has 2 aromatic rings. The Morgan fingerprint density at radius 3 is 2.20 bits per heavy atom. The fourth-order valence-corrected chi connectivity index (χ4v) is 4.82. The van der Waals surface area contributed by atoms with E-state index in [-0.39, 0.29) is 12.5 Å². The molecule has 1 atom stereocenters. The summed E-state index contributed by atoms with van der Waals surface area (Å²) in [5.74, 6) is -0.131. The van der Waals surface area contributed by atoms with Crippen LogP contribution in [0.5, 0.6) is 5.75 Å². The maximum atomic E-state index is 13.7. The zero-order valence-corrected chi connectivity index (χ0v) is 22.3. The smallest absolute Gasteiger partial charge is 0.304 e. The van der Waals surface area contributed by atoms with Crippen molar-refractivity contribution < 1.29 is 22.7 Å². The quantitative estimate of drug-likeness (QED) is 0.507. The lowest BCUT2D eigenvalue weighted by atomic mass is 10.1. The molecule has 10 heteroatoms. The van der Waals surface area contributed by atoms with E-state index in [1.807, 2.05) is 38.1 Å². The first kappa shape index (κ1) is 28.1. The molecule has 0 saturated heterocycles. The molecule has 192 valence electrons. The van der Waals surface area contributed by atoms with Gasteiger partial charge in [-0.3, -0.25) is 9.59 Å². The van der Waals surface area contributed by atoms with Crippen LogP contribution in [0.4, 0.5) is 5.69 Å². The Morgan fingerprint density at radius 2 is 1.69 bits per heavy atom. The van der Waals surface area contributed by atoms with Gasteiger partial charge in [-0.25, -0.2) is 4.31 Å². The highest BCUT2D eigenvalue weighted by Gasteiger charge is 2.34. The summed E-state index contributed by atoms with van der Waals surface area (Å²) in [5, 5.41) is 2.61. The van der Waals surface area contributed by atoms with Crippen molar-refractivity contribution in [3.8, 4) is 5.75 Å². The second kappa shape index (κ2) is 12.0. The number of nitrogens with zero attached hydrogens (tertiary/aromatic N) is 3. The molecule has 0 spiro atoms. The number of carbonyl (C=O) groups is 2. The van der Waals surface area contributed by atoms with E-state index in [1.165, 1.54) is 26.0 Å². The normalized spacial score (nSPS) is 12.2. The highest BCUT2D eigenvalue weighted by Crippen LogP contribution is 2.26. The van der Waals surface area contributed by atoms with Gasteiger partial charge in [-0.15, -0.1) is 0 Å². The molecule has 0 heterocycles. The van der Waals surface area contributed by atoms with E-state index in [4.69, 9.17) is 4.74 Å². The average Bonchev–Trinajstić information content (AvgIpc) is 2.83. The lowest BCUT2D eigenvalue weighted by molar-refractivity contribution is -0.140. The fraction of sp³-hybridized carbons (Fsp3) is 0.440. The van der Waals surface area contributed by atoms with Crippen LogP contribution in [0.15, 0.2) is 42.5 Å². The Balaban J connectivity index is 2.53. The molecular formula is C25H36N4O5S. The first-order valence-corrected chi connectivity index (χ1v) is 12.8. The second-order valence-electron chi connectivity index (χ2n) is 8.49. The van der Waals surface area contributed by atoms with Gasteiger partial charge in [-0.2, -0.15) is 12.7 Å². The van der Waals surface area contributed by atoms with Crippen LogP contribution in [-0.2, 0) is 26.3 Å². The van der Waals surface area contributed by atoms with Crippen LogP contribution >= 0.6 is 0 Å². The number of likely N-dealkylation sites (N-methyl/N-ethyl adjacent to an activating group) is 1. The molecule has 2 aromatic carbocycles. The van der Waals surface area contributed by atoms with Gasteiger partial charge in [-0.05, 0) is 55.2 Å². The van der Waals surface area contributed by atoms with Crippen molar-refractivity contribution in [1.82, 2.24) is 14.5 Å². The van der Waals surface area contributed by atoms with E-state index in [2.05, 4.69) is 5.32 Å². The molecule has 0 aliphatic heterocycles. The highest BCUT2D eigenvalue weighted by atomic mass is 32.2. The number of carbonyl (C=O) groups excluding carboxylic acids is 2. The van der Waals surface area contributed by atoms with Gasteiger partial charge < -0.3 is 15.0 Å². The van der Waals surface area contributed by atoms with Gasteiger partial charge in [0.15, 0.2) is 0 Å². The number of amides is 2. The number of hydrogen-bond acceptors (Lipinski definition) is 5. The lowest BCUT2D eigenvalue weighted by Crippen LogP contribution is -2.53. The number of rotatable bonds is 11. The minimum atomic E-state index is -4.00. The topological polar surface area (TPSA) is 99.3 Å². The van der Waals surface area contributed by atoms with E-state index in [0.717, 1.165) is 19.7 Å². The third kappa shape index (κ3) is 6.73. The number of nitrogens with one attached hydrogen (secondary N) is 1. The molecule has 0 aliphatic carbocycles. The van der Waals surface area contributed by atoms with Crippen LogP contribution < -0.4 is 14.4 Å². The first-order chi connectivity index (χ1) is 16.5. The molecule has 0 radical (unpaired) electrons. The number of anilines is 1. The Morgan fingerprint density at radius 1 is 1.06 bits per heavy atom. The summed E-state index contributed by atoms with van der Waals surface area (Å²) in [6.45, 7) is 5.16.